The monoisotopic (exact) mass is 287 g/mol. The van der Waals surface area contributed by atoms with Crippen LogP contribution in [0.3, 0.4) is 0 Å². The van der Waals surface area contributed by atoms with Gasteiger partial charge in [-0.2, -0.15) is 0 Å². The third-order valence-corrected chi connectivity index (χ3v) is 3.99. The van der Waals surface area contributed by atoms with Crippen LogP contribution < -0.4 is 10.6 Å². The summed E-state index contributed by atoms with van der Waals surface area (Å²) in [7, 11) is 0. The summed E-state index contributed by atoms with van der Waals surface area (Å²) in [6.07, 6.45) is 1.47. The number of urea groups is 1. The largest absolute Gasteiger partial charge is 0.338 e. The first kappa shape index (κ1) is 13.6. The molecule has 1 aromatic carbocycles. The van der Waals surface area contributed by atoms with Gasteiger partial charge in [-0.1, -0.05) is 24.3 Å². The molecule has 0 aromatic heterocycles. The van der Waals surface area contributed by atoms with E-state index in [1.807, 2.05) is 23.1 Å². The van der Waals surface area contributed by atoms with Crippen LogP contribution in [-0.2, 0) is 22.6 Å². The summed E-state index contributed by atoms with van der Waals surface area (Å²) in [5.41, 5.74) is 2.48. The molecule has 4 amide bonds. The number of imide groups is 1. The Bertz CT molecular complexity index is 600. The van der Waals surface area contributed by atoms with E-state index in [0.717, 1.165) is 6.42 Å². The number of hydrogen-bond acceptors (Lipinski definition) is 3. The van der Waals surface area contributed by atoms with Gasteiger partial charge in [-0.05, 0) is 24.0 Å². The Hall–Kier alpha value is -2.37. The summed E-state index contributed by atoms with van der Waals surface area (Å²) in [5, 5.41) is 4.68. The summed E-state index contributed by atoms with van der Waals surface area (Å²) in [6, 6.07) is 7.06. The normalized spacial score (nSPS) is 20.8. The van der Waals surface area contributed by atoms with Gasteiger partial charge in [0.15, 0.2) is 0 Å². The molecule has 6 nitrogen and oxygen atoms in total. The zero-order valence-electron chi connectivity index (χ0n) is 11.6. The zero-order chi connectivity index (χ0) is 14.8. The Morgan fingerprint density at radius 3 is 2.71 bits per heavy atom. The van der Waals surface area contributed by atoms with Gasteiger partial charge in [0.2, 0.25) is 5.91 Å². The summed E-state index contributed by atoms with van der Waals surface area (Å²) < 4.78 is 0. The van der Waals surface area contributed by atoms with Crippen LogP contribution in [0.1, 0.15) is 24.0 Å². The number of hydrogen-bond donors (Lipinski definition) is 2. The molecule has 0 bridgehead atoms. The van der Waals surface area contributed by atoms with Gasteiger partial charge in [0.05, 0.1) is 0 Å². The molecule has 0 radical (unpaired) electrons. The fourth-order valence-electron chi connectivity index (χ4n) is 2.80. The lowest BCUT2D eigenvalue weighted by atomic mass is 9.99. The lowest BCUT2D eigenvalue weighted by Crippen LogP contribution is -2.37. The number of rotatable bonds is 3. The van der Waals surface area contributed by atoms with Crippen LogP contribution in [0.5, 0.6) is 0 Å². The molecule has 2 aliphatic rings. The molecule has 0 spiro atoms. The van der Waals surface area contributed by atoms with Crippen LogP contribution in [0.2, 0.25) is 0 Å². The zero-order valence-corrected chi connectivity index (χ0v) is 11.6. The summed E-state index contributed by atoms with van der Waals surface area (Å²) in [4.78, 5) is 36.5. The molecular weight excluding hydrogens is 270 g/mol. The number of amides is 4. The minimum absolute atomic E-state index is 0.0263. The maximum atomic E-state index is 12.2. The average molecular weight is 287 g/mol. The van der Waals surface area contributed by atoms with Crippen LogP contribution in [-0.4, -0.2) is 35.3 Å². The van der Waals surface area contributed by atoms with E-state index in [4.69, 9.17) is 0 Å². The van der Waals surface area contributed by atoms with Crippen molar-refractivity contribution in [1.82, 2.24) is 15.5 Å². The van der Waals surface area contributed by atoms with Crippen LogP contribution >= 0.6 is 0 Å². The summed E-state index contributed by atoms with van der Waals surface area (Å²) >= 11 is 0. The molecule has 3 rings (SSSR count). The number of nitrogens with zero attached hydrogens (tertiary/aromatic N) is 1. The Labute approximate surface area is 122 Å². The van der Waals surface area contributed by atoms with E-state index < -0.39 is 12.1 Å². The Kier molecular flexibility index (Phi) is 3.60. The summed E-state index contributed by atoms with van der Waals surface area (Å²) in [5.74, 6) is -0.324. The van der Waals surface area contributed by atoms with Crippen molar-refractivity contribution in [1.29, 1.82) is 0 Å². The first-order valence-corrected chi connectivity index (χ1v) is 7.09. The molecule has 1 saturated heterocycles. The second kappa shape index (κ2) is 5.55. The minimum atomic E-state index is -0.585. The number of carbonyl (C=O) groups excluding carboxylic acids is 3. The van der Waals surface area contributed by atoms with Crippen molar-refractivity contribution in [3.8, 4) is 0 Å². The molecule has 0 aliphatic carbocycles. The highest BCUT2D eigenvalue weighted by Crippen LogP contribution is 2.19. The average Bonchev–Trinajstić information content (AvgIpc) is 2.82. The van der Waals surface area contributed by atoms with Gasteiger partial charge in [-0.15, -0.1) is 0 Å². The predicted molar refractivity (Wildman–Crippen MR) is 75.3 cm³/mol. The van der Waals surface area contributed by atoms with Crippen LogP contribution in [0.15, 0.2) is 24.3 Å². The van der Waals surface area contributed by atoms with E-state index in [1.54, 1.807) is 0 Å². The quantitative estimate of drug-likeness (QED) is 0.797. The number of carbonyl (C=O) groups is 3. The molecule has 1 atom stereocenters. The SMILES string of the molecule is O=C1NC(=O)C(CCC(=O)N2CCc3ccccc3C2)N1. The van der Waals surface area contributed by atoms with Gasteiger partial charge >= 0.3 is 6.03 Å². The van der Waals surface area contributed by atoms with Gasteiger partial charge < -0.3 is 10.2 Å². The fourth-order valence-corrected chi connectivity index (χ4v) is 2.80. The lowest BCUT2D eigenvalue weighted by molar-refractivity contribution is -0.132. The van der Waals surface area contributed by atoms with Crippen molar-refractivity contribution in [2.24, 2.45) is 0 Å². The Morgan fingerprint density at radius 1 is 1.24 bits per heavy atom. The van der Waals surface area contributed by atoms with E-state index in [-0.39, 0.29) is 18.2 Å². The summed E-state index contributed by atoms with van der Waals surface area (Å²) in [6.45, 7) is 1.33. The number of fused-ring (bicyclic) bond motifs is 1. The van der Waals surface area contributed by atoms with E-state index in [0.29, 0.717) is 19.5 Å². The molecule has 0 saturated carbocycles. The van der Waals surface area contributed by atoms with Crippen LogP contribution in [0.4, 0.5) is 4.79 Å². The van der Waals surface area contributed by atoms with Crippen LogP contribution in [0, 0.1) is 0 Å². The first-order valence-electron chi connectivity index (χ1n) is 7.09. The molecule has 21 heavy (non-hydrogen) atoms. The highest BCUT2D eigenvalue weighted by atomic mass is 16.2. The van der Waals surface area contributed by atoms with Gasteiger partial charge in [0.25, 0.3) is 5.91 Å². The van der Waals surface area contributed by atoms with Crippen molar-refractivity contribution in [3.05, 3.63) is 35.4 Å². The van der Waals surface area contributed by atoms with Gasteiger partial charge in [-0.3, -0.25) is 14.9 Å². The van der Waals surface area contributed by atoms with Crippen molar-refractivity contribution in [3.63, 3.8) is 0 Å². The molecule has 1 aromatic rings. The fraction of sp³-hybridized carbons (Fsp3) is 0.400. The molecule has 2 heterocycles. The maximum absolute atomic E-state index is 12.2. The first-order chi connectivity index (χ1) is 10.1. The van der Waals surface area contributed by atoms with E-state index >= 15 is 0 Å². The topological polar surface area (TPSA) is 78.5 Å². The molecule has 1 unspecified atom stereocenters. The maximum Gasteiger partial charge on any atom is 0.322 e. The van der Waals surface area contributed by atoms with Crippen molar-refractivity contribution in [2.45, 2.75) is 31.8 Å². The smallest absolute Gasteiger partial charge is 0.322 e. The third kappa shape index (κ3) is 2.89. The molecule has 2 N–H and O–H groups in total. The highest BCUT2D eigenvalue weighted by Gasteiger charge is 2.30. The second-order valence-corrected chi connectivity index (χ2v) is 5.39. The standard InChI is InChI=1S/C15H17N3O3/c19-13(6-5-12-14(20)17-15(21)16-12)18-8-7-10-3-1-2-4-11(10)9-18/h1-4,12H,5-9H2,(H2,16,17,20,21). The van der Waals surface area contributed by atoms with Gasteiger partial charge in [0, 0.05) is 19.5 Å². The van der Waals surface area contributed by atoms with Gasteiger partial charge in [-0.25, -0.2) is 4.79 Å². The van der Waals surface area contributed by atoms with Crippen molar-refractivity contribution >= 4 is 17.8 Å². The third-order valence-electron chi connectivity index (χ3n) is 3.99. The lowest BCUT2D eigenvalue weighted by Gasteiger charge is -2.29. The Morgan fingerprint density at radius 2 is 2.00 bits per heavy atom. The van der Waals surface area contributed by atoms with E-state index in [9.17, 15) is 14.4 Å². The van der Waals surface area contributed by atoms with E-state index in [1.165, 1.54) is 11.1 Å². The number of benzene rings is 1. The van der Waals surface area contributed by atoms with E-state index in [2.05, 4.69) is 16.7 Å². The second-order valence-electron chi connectivity index (χ2n) is 5.39. The number of nitrogens with one attached hydrogen (secondary N) is 2. The molecule has 1 fully saturated rings. The predicted octanol–water partition coefficient (Wildman–Crippen LogP) is 0.559. The van der Waals surface area contributed by atoms with Gasteiger partial charge in [0.1, 0.15) is 6.04 Å². The minimum Gasteiger partial charge on any atom is -0.338 e. The molecular formula is C15H17N3O3. The molecule has 2 aliphatic heterocycles. The van der Waals surface area contributed by atoms with Crippen LogP contribution in [0.25, 0.3) is 0 Å². The molecule has 110 valence electrons. The van der Waals surface area contributed by atoms with Crippen molar-refractivity contribution < 1.29 is 14.4 Å². The highest BCUT2D eigenvalue weighted by molar-refractivity contribution is 6.04. The van der Waals surface area contributed by atoms with Crippen molar-refractivity contribution in [2.75, 3.05) is 6.54 Å². The Balaban J connectivity index is 1.55. The molecule has 6 heteroatoms.